The standard InChI is InChI=1S/C13H13N5OS2/c1-8-7-20-10(15-8)13(2,19)11-17-18-12(21-11)16-9-5-3-4-6-14-9/h3-7,19H,1-2H3,(H,14,16,18). The molecule has 6 nitrogen and oxygen atoms in total. The van der Waals surface area contributed by atoms with Gasteiger partial charge in [-0.1, -0.05) is 17.4 Å². The van der Waals surface area contributed by atoms with Crippen LogP contribution < -0.4 is 5.32 Å². The van der Waals surface area contributed by atoms with Crippen LogP contribution in [-0.2, 0) is 5.60 Å². The minimum atomic E-state index is -1.24. The Balaban J connectivity index is 1.84. The van der Waals surface area contributed by atoms with Crippen molar-refractivity contribution in [2.24, 2.45) is 0 Å². The molecule has 2 N–H and O–H groups in total. The Morgan fingerprint density at radius 1 is 1.24 bits per heavy atom. The Labute approximate surface area is 129 Å². The monoisotopic (exact) mass is 319 g/mol. The molecule has 0 saturated heterocycles. The molecule has 0 aromatic carbocycles. The number of hydrogen-bond acceptors (Lipinski definition) is 8. The lowest BCUT2D eigenvalue weighted by Crippen LogP contribution is -2.22. The highest BCUT2D eigenvalue weighted by Crippen LogP contribution is 2.34. The van der Waals surface area contributed by atoms with Crippen molar-refractivity contribution in [3.63, 3.8) is 0 Å². The van der Waals surface area contributed by atoms with Crippen LogP contribution in [0.2, 0.25) is 0 Å². The zero-order chi connectivity index (χ0) is 14.9. The number of nitrogens with one attached hydrogen (secondary N) is 1. The van der Waals surface area contributed by atoms with Crippen molar-refractivity contribution in [3.05, 3.63) is 45.5 Å². The highest BCUT2D eigenvalue weighted by atomic mass is 32.1. The summed E-state index contributed by atoms with van der Waals surface area (Å²) in [7, 11) is 0. The van der Waals surface area contributed by atoms with Gasteiger partial charge in [0.1, 0.15) is 10.8 Å². The van der Waals surface area contributed by atoms with E-state index in [1.165, 1.54) is 22.7 Å². The second kappa shape index (κ2) is 5.47. The van der Waals surface area contributed by atoms with E-state index in [-0.39, 0.29) is 0 Å². The minimum absolute atomic E-state index is 0.496. The smallest absolute Gasteiger partial charge is 0.211 e. The SMILES string of the molecule is Cc1csc(C(C)(O)c2nnc(Nc3ccccn3)s2)n1. The fourth-order valence-corrected chi connectivity index (χ4v) is 3.41. The number of anilines is 2. The van der Waals surface area contributed by atoms with Crippen LogP contribution in [0.15, 0.2) is 29.8 Å². The van der Waals surface area contributed by atoms with Crippen LogP contribution in [0.5, 0.6) is 0 Å². The van der Waals surface area contributed by atoms with Gasteiger partial charge in [-0.25, -0.2) is 9.97 Å². The normalized spacial score (nSPS) is 13.9. The number of hydrogen-bond donors (Lipinski definition) is 2. The lowest BCUT2D eigenvalue weighted by atomic mass is 10.1. The summed E-state index contributed by atoms with van der Waals surface area (Å²) in [5.74, 6) is 0.685. The van der Waals surface area contributed by atoms with E-state index in [0.717, 1.165) is 5.69 Å². The van der Waals surface area contributed by atoms with Crippen LogP contribution in [0.1, 0.15) is 22.6 Å². The van der Waals surface area contributed by atoms with Crippen molar-refractivity contribution in [1.82, 2.24) is 20.2 Å². The largest absolute Gasteiger partial charge is 0.376 e. The van der Waals surface area contributed by atoms with Crippen LogP contribution in [0.4, 0.5) is 10.9 Å². The number of rotatable bonds is 4. The van der Waals surface area contributed by atoms with Crippen molar-refractivity contribution in [2.75, 3.05) is 5.32 Å². The number of pyridine rings is 1. The summed E-state index contributed by atoms with van der Waals surface area (Å²) < 4.78 is 0. The summed E-state index contributed by atoms with van der Waals surface area (Å²) in [6.07, 6.45) is 1.69. The second-order valence-electron chi connectivity index (χ2n) is 4.62. The number of aliphatic hydroxyl groups is 1. The Hall–Kier alpha value is -1.90. The molecule has 0 bridgehead atoms. The van der Waals surface area contributed by atoms with Crippen LogP contribution in [0.25, 0.3) is 0 Å². The van der Waals surface area contributed by atoms with Gasteiger partial charge in [-0.15, -0.1) is 21.5 Å². The van der Waals surface area contributed by atoms with E-state index in [1.807, 2.05) is 30.5 Å². The fraction of sp³-hybridized carbons (Fsp3) is 0.231. The number of aryl methyl sites for hydroxylation is 1. The molecule has 0 spiro atoms. The van der Waals surface area contributed by atoms with E-state index < -0.39 is 5.60 Å². The molecule has 0 aliphatic rings. The van der Waals surface area contributed by atoms with Gasteiger partial charge in [0.05, 0.1) is 0 Å². The third kappa shape index (κ3) is 2.92. The maximum atomic E-state index is 10.7. The van der Waals surface area contributed by atoms with Gasteiger partial charge in [-0.2, -0.15) is 0 Å². The maximum Gasteiger partial charge on any atom is 0.211 e. The highest BCUT2D eigenvalue weighted by Gasteiger charge is 2.33. The second-order valence-corrected chi connectivity index (χ2v) is 6.45. The Bertz CT molecular complexity index is 738. The molecule has 108 valence electrons. The molecule has 0 fully saturated rings. The number of aromatic nitrogens is 4. The van der Waals surface area contributed by atoms with E-state index in [0.29, 0.717) is 21.0 Å². The van der Waals surface area contributed by atoms with Gasteiger partial charge >= 0.3 is 0 Å². The van der Waals surface area contributed by atoms with E-state index in [9.17, 15) is 5.11 Å². The third-order valence-electron chi connectivity index (χ3n) is 2.78. The first-order valence-electron chi connectivity index (χ1n) is 6.23. The van der Waals surface area contributed by atoms with Crippen LogP contribution in [0, 0.1) is 6.92 Å². The highest BCUT2D eigenvalue weighted by molar-refractivity contribution is 7.15. The van der Waals surface area contributed by atoms with Crippen molar-refractivity contribution < 1.29 is 5.11 Å². The molecule has 1 unspecified atom stereocenters. The quantitative estimate of drug-likeness (QED) is 0.769. The van der Waals surface area contributed by atoms with E-state index >= 15 is 0 Å². The molecule has 0 saturated carbocycles. The Kier molecular flexibility index (Phi) is 3.66. The average molecular weight is 319 g/mol. The zero-order valence-corrected chi connectivity index (χ0v) is 13.1. The van der Waals surface area contributed by atoms with Crippen molar-refractivity contribution in [1.29, 1.82) is 0 Å². The Morgan fingerprint density at radius 2 is 2.10 bits per heavy atom. The number of nitrogens with zero attached hydrogens (tertiary/aromatic N) is 4. The minimum Gasteiger partial charge on any atom is -0.376 e. The predicted molar refractivity (Wildman–Crippen MR) is 83.0 cm³/mol. The molecule has 0 radical (unpaired) electrons. The Morgan fingerprint density at radius 3 is 2.76 bits per heavy atom. The molecule has 3 heterocycles. The van der Waals surface area contributed by atoms with E-state index in [1.54, 1.807) is 13.1 Å². The third-order valence-corrected chi connectivity index (χ3v) is 5.00. The molecule has 3 rings (SSSR count). The molecule has 3 aromatic rings. The topological polar surface area (TPSA) is 83.8 Å². The summed E-state index contributed by atoms with van der Waals surface area (Å²) in [6, 6.07) is 5.56. The molecule has 1 atom stereocenters. The van der Waals surface area contributed by atoms with Gasteiger partial charge in [-0.05, 0) is 26.0 Å². The van der Waals surface area contributed by atoms with E-state index in [2.05, 4.69) is 25.5 Å². The molecule has 21 heavy (non-hydrogen) atoms. The molecule has 0 amide bonds. The van der Waals surface area contributed by atoms with Crippen LogP contribution >= 0.6 is 22.7 Å². The zero-order valence-electron chi connectivity index (χ0n) is 11.4. The lowest BCUT2D eigenvalue weighted by molar-refractivity contribution is 0.101. The van der Waals surface area contributed by atoms with Gasteiger partial charge in [0.25, 0.3) is 0 Å². The summed E-state index contributed by atoms with van der Waals surface area (Å²) in [4.78, 5) is 8.49. The molecule has 3 aromatic heterocycles. The first-order valence-corrected chi connectivity index (χ1v) is 7.92. The molecule has 0 aliphatic carbocycles. The van der Waals surface area contributed by atoms with Crippen molar-refractivity contribution in [2.45, 2.75) is 19.4 Å². The average Bonchev–Trinajstić information content (AvgIpc) is 3.10. The van der Waals surface area contributed by atoms with Gasteiger partial charge in [0.2, 0.25) is 5.13 Å². The van der Waals surface area contributed by atoms with Crippen molar-refractivity contribution in [3.8, 4) is 0 Å². The van der Waals surface area contributed by atoms with E-state index in [4.69, 9.17) is 0 Å². The fourth-order valence-electron chi connectivity index (χ4n) is 1.69. The van der Waals surface area contributed by atoms with Gasteiger partial charge in [-0.3, -0.25) is 0 Å². The first-order chi connectivity index (χ1) is 10.1. The first kappa shape index (κ1) is 14.1. The molecular weight excluding hydrogens is 306 g/mol. The van der Waals surface area contributed by atoms with Gasteiger partial charge < -0.3 is 10.4 Å². The molecule has 0 aliphatic heterocycles. The van der Waals surface area contributed by atoms with Crippen LogP contribution in [-0.4, -0.2) is 25.3 Å². The van der Waals surface area contributed by atoms with Crippen molar-refractivity contribution >= 4 is 33.6 Å². The molecule has 8 heteroatoms. The predicted octanol–water partition coefficient (Wildman–Crippen LogP) is 2.70. The van der Waals surface area contributed by atoms with Gasteiger partial charge in [0, 0.05) is 17.3 Å². The van der Waals surface area contributed by atoms with Crippen LogP contribution in [0.3, 0.4) is 0 Å². The summed E-state index contributed by atoms with van der Waals surface area (Å²) in [5.41, 5.74) is -0.354. The molecular formula is C13H13N5OS2. The summed E-state index contributed by atoms with van der Waals surface area (Å²) in [5, 5.41) is 25.4. The summed E-state index contributed by atoms with van der Waals surface area (Å²) in [6.45, 7) is 3.57. The summed E-state index contributed by atoms with van der Waals surface area (Å²) >= 11 is 2.69. The van der Waals surface area contributed by atoms with Gasteiger partial charge in [0.15, 0.2) is 10.6 Å². The maximum absolute atomic E-state index is 10.7. The lowest BCUT2D eigenvalue weighted by Gasteiger charge is -2.16. The number of thiazole rings is 1.